The summed E-state index contributed by atoms with van der Waals surface area (Å²) in [4.78, 5) is 24.9. The van der Waals surface area contributed by atoms with Crippen molar-refractivity contribution in [3.05, 3.63) is 34.7 Å². The lowest BCUT2D eigenvalue weighted by Gasteiger charge is -2.01. The molecule has 0 unspecified atom stereocenters. The second-order valence-corrected chi connectivity index (χ2v) is 3.90. The first-order chi connectivity index (χ1) is 6.61. The molecule has 1 aromatic heterocycles. The summed E-state index contributed by atoms with van der Waals surface area (Å²) in [5.74, 6) is -0.931. The summed E-state index contributed by atoms with van der Waals surface area (Å²) < 4.78 is 0. The Labute approximate surface area is 86.7 Å². The molecule has 0 bridgehead atoms. The van der Waals surface area contributed by atoms with Crippen molar-refractivity contribution >= 4 is 22.9 Å². The van der Waals surface area contributed by atoms with Crippen molar-refractivity contribution in [3.8, 4) is 0 Å². The minimum absolute atomic E-state index is 0.446. The van der Waals surface area contributed by atoms with Gasteiger partial charge < -0.3 is 4.90 Å². The maximum Gasteiger partial charge on any atom is 0.242 e. The molecule has 0 aliphatic rings. The average Bonchev–Trinajstić information content (AvgIpc) is 2.65. The van der Waals surface area contributed by atoms with Gasteiger partial charge in [0.1, 0.15) is 0 Å². The molecule has 0 saturated carbocycles. The highest BCUT2D eigenvalue weighted by atomic mass is 32.1. The van der Waals surface area contributed by atoms with Gasteiger partial charge in [0, 0.05) is 26.4 Å². The molecule has 0 spiro atoms. The van der Waals surface area contributed by atoms with E-state index in [1.54, 1.807) is 42.7 Å². The number of carbonyl (C=O) groups excluding carboxylic acids is 2. The molecule has 14 heavy (non-hydrogen) atoms. The van der Waals surface area contributed by atoms with Gasteiger partial charge in [0.25, 0.3) is 0 Å². The fraction of sp³-hybridized carbons (Fsp3) is 0.200. The van der Waals surface area contributed by atoms with Gasteiger partial charge >= 0.3 is 0 Å². The molecule has 0 fully saturated rings. The highest BCUT2D eigenvalue weighted by Crippen LogP contribution is 2.09. The Morgan fingerprint density at radius 2 is 2.14 bits per heavy atom. The second kappa shape index (κ2) is 4.72. The van der Waals surface area contributed by atoms with Crippen LogP contribution in [0.3, 0.4) is 0 Å². The lowest BCUT2D eigenvalue weighted by Crippen LogP contribution is -2.11. The zero-order chi connectivity index (χ0) is 10.6. The fourth-order valence-electron chi connectivity index (χ4n) is 0.822. The Morgan fingerprint density at radius 3 is 2.64 bits per heavy atom. The van der Waals surface area contributed by atoms with Crippen molar-refractivity contribution in [1.29, 1.82) is 0 Å². The van der Waals surface area contributed by atoms with Crippen LogP contribution in [0.4, 0.5) is 0 Å². The number of carbonyl (C=O) groups is 2. The van der Waals surface area contributed by atoms with Crippen molar-refractivity contribution in [2.75, 3.05) is 14.1 Å². The predicted molar refractivity (Wildman–Crippen MR) is 56.5 cm³/mol. The molecule has 0 saturated heterocycles. The zero-order valence-corrected chi connectivity index (χ0v) is 8.88. The van der Waals surface area contributed by atoms with E-state index in [1.807, 2.05) is 0 Å². The van der Waals surface area contributed by atoms with Gasteiger partial charge in [0.05, 0.1) is 4.88 Å². The Morgan fingerprint density at radius 1 is 1.43 bits per heavy atom. The molecule has 74 valence electrons. The highest BCUT2D eigenvalue weighted by molar-refractivity contribution is 7.13. The predicted octanol–water partition coefficient (Wildman–Crippen LogP) is 1.58. The summed E-state index contributed by atoms with van der Waals surface area (Å²) in [6, 6.07) is 3.40. The maximum atomic E-state index is 11.4. The van der Waals surface area contributed by atoms with Gasteiger partial charge in [0.15, 0.2) is 0 Å². The van der Waals surface area contributed by atoms with E-state index >= 15 is 0 Å². The van der Waals surface area contributed by atoms with E-state index in [1.165, 1.54) is 17.4 Å². The minimum Gasteiger partial charge on any atom is -0.383 e. The first-order valence-electron chi connectivity index (χ1n) is 4.08. The van der Waals surface area contributed by atoms with Crippen LogP contribution in [-0.4, -0.2) is 30.6 Å². The van der Waals surface area contributed by atoms with Crippen LogP contribution in [0, 0.1) is 0 Å². The number of Topliss-reactive ketones (excluding diaryl/α,β-unsaturated/α-hetero) is 1. The van der Waals surface area contributed by atoms with Crippen LogP contribution in [0.5, 0.6) is 0 Å². The summed E-state index contributed by atoms with van der Waals surface area (Å²) in [7, 11) is 3.58. The van der Waals surface area contributed by atoms with Gasteiger partial charge in [-0.2, -0.15) is 0 Å². The summed E-state index contributed by atoms with van der Waals surface area (Å²) in [6.45, 7) is 0. The fourth-order valence-corrected chi connectivity index (χ4v) is 1.49. The van der Waals surface area contributed by atoms with Gasteiger partial charge in [-0.05, 0) is 11.4 Å². The zero-order valence-electron chi connectivity index (χ0n) is 8.06. The second-order valence-electron chi connectivity index (χ2n) is 2.95. The Kier molecular flexibility index (Phi) is 3.59. The number of hydrogen-bond donors (Lipinski definition) is 0. The van der Waals surface area contributed by atoms with Crippen molar-refractivity contribution in [2.24, 2.45) is 0 Å². The van der Waals surface area contributed by atoms with Crippen LogP contribution in [0.25, 0.3) is 0 Å². The summed E-state index contributed by atoms with van der Waals surface area (Å²) in [6.07, 6.45) is 2.84. The van der Waals surface area contributed by atoms with E-state index in [0.717, 1.165) is 0 Å². The molecule has 3 nitrogen and oxygen atoms in total. The summed E-state index contributed by atoms with van der Waals surface area (Å²) in [5, 5.41) is 1.77. The largest absolute Gasteiger partial charge is 0.383 e. The number of nitrogens with zero attached hydrogens (tertiary/aromatic N) is 1. The molecular weight excluding hydrogens is 198 g/mol. The smallest absolute Gasteiger partial charge is 0.242 e. The van der Waals surface area contributed by atoms with Crippen LogP contribution in [0.15, 0.2) is 29.8 Å². The maximum absolute atomic E-state index is 11.4. The molecule has 1 aromatic rings. The van der Waals surface area contributed by atoms with Crippen LogP contribution in [0.1, 0.15) is 9.67 Å². The van der Waals surface area contributed by atoms with Crippen molar-refractivity contribution in [1.82, 2.24) is 4.90 Å². The van der Waals surface area contributed by atoms with Crippen molar-refractivity contribution in [2.45, 2.75) is 0 Å². The van der Waals surface area contributed by atoms with Crippen molar-refractivity contribution < 1.29 is 9.59 Å². The van der Waals surface area contributed by atoms with Gasteiger partial charge in [-0.25, -0.2) is 0 Å². The molecule has 0 aliphatic carbocycles. The lowest BCUT2D eigenvalue weighted by atomic mass is 10.2. The Hall–Kier alpha value is -1.42. The lowest BCUT2D eigenvalue weighted by molar-refractivity contribution is -0.111. The van der Waals surface area contributed by atoms with Crippen LogP contribution < -0.4 is 0 Å². The number of hydrogen-bond acceptors (Lipinski definition) is 4. The first kappa shape index (κ1) is 10.7. The Balaban J connectivity index is 2.67. The van der Waals surface area contributed by atoms with Crippen LogP contribution in [-0.2, 0) is 4.79 Å². The monoisotopic (exact) mass is 209 g/mol. The van der Waals surface area contributed by atoms with E-state index in [-0.39, 0.29) is 0 Å². The minimum atomic E-state index is -0.485. The summed E-state index contributed by atoms with van der Waals surface area (Å²) >= 11 is 1.28. The number of thiophene rings is 1. The molecule has 0 radical (unpaired) electrons. The van der Waals surface area contributed by atoms with Crippen LogP contribution >= 0.6 is 11.3 Å². The van der Waals surface area contributed by atoms with Gasteiger partial charge in [-0.1, -0.05) is 6.07 Å². The molecule has 0 N–H and O–H groups in total. The molecule has 1 heterocycles. The third-order valence-electron chi connectivity index (χ3n) is 1.49. The SMILES string of the molecule is CN(C)/C=C/C(=O)C(=O)c1cccs1. The number of allylic oxidation sites excluding steroid dienone is 1. The quantitative estimate of drug-likeness (QED) is 0.429. The molecular formula is C10H11NO2S. The van der Waals surface area contributed by atoms with E-state index in [9.17, 15) is 9.59 Å². The van der Waals surface area contributed by atoms with E-state index in [0.29, 0.717) is 4.88 Å². The van der Waals surface area contributed by atoms with Gasteiger partial charge in [0.2, 0.25) is 11.6 Å². The molecule has 0 atom stereocenters. The van der Waals surface area contributed by atoms with Crippen molar-refractivity contribution in [3.63, 3.8) is 0 Å². The highest BCUT2D eigenvalue weighted by Gasteiger charge is 2.13. The normalized spacial score (nSPS) is 10.4. The van der Waals surface area contributed by atoms with E-state index < -0.39 is 11.6 Å². The molecule has 0 aliphatic heterocycles. The van der Waals surface area contributed by atoms with Gasteiger partial charge in [-0.3, -0.25) is 9.59 Å². The molecule has 4 heteroatoms. The first-order valence-corrected chi connectivity index (χ1v) is 4.96. The number of ketones is 2. The molecule has 1 rings (SSSR count). The van der Waals surface area contributed by atoms with E-state index in [2.05, 4.69) is 0 Å². The third-order valence-corrected chi connectivity index (χ3v) is 2.36. The topological polar surface area (TPSA) is 37.4 Å². The Bertz CT molecular complexity index is 352. The third kappa shape index (κ3) is 2.81. The van der Waals surface area contributed by atoms with Crippen LogP contribution in [0.2, 0.25) is 0 Å². The average molecular weight is 209 g/mol. The number of rotatable bonds is 4. The van der Waals surface area contributed by atoms with Gasteiger partial charge in [-0.15, -0.1) is 11.3 Å². The standard InChI is InChI=1S/C10H11NO2S/c1-11(2)6-5-8(12)10(13)9-4-3-7-14-9/h3-7H,1-2H3/b6-5+. The van der Waals surface area contributed by atoms with E-state index in [4.69, 9.17) is 0 Å². The summed E-state index contributed by atoms with van der Waals surface area (Å²) in [5.41, 5.74) is 0. The molecule has 0 aromatic carbocycles. The molecule has 0 amide bonds.